The van der Waals surface area contributed by atoms with Crippen LogP contribution in [0.5, 0.6) is 0 Å². The summed E-state index contributed by atoms with van der Waals surface area (Å²) in [7, 11) is 0. The van der Waals surface area contributed by atoms with Crippen molar-refractivity contribution in [3.63, 3.8) is 0 Å². The Bertz CT molecular complexity index is 221. The molecule has 1 radical (unpaired) electrons. The molecule has 0 spiro atoms. The van der Waals surface area contributed by atoms with Crippen LogP contribution in [-0.2, 0) is 4.79 Å². The average molecular weight is 276 g/mol. The summed E-state index contributed by atoms with van der Waals surface area (Å²) >= 11 is 0. The molecule has 1 saturated heterocycles. The fourth-order valence-electron chi connectivity index (χ4n) is 2.73. The Morgan fingerprint density at radius 3 is 1.89 bits per heavy atom. The van der Waals surface area contributed by atoms with Crippen LogP contribution in [0.3, 0.4) is 0 Å². The molecule has 1 amide bonds. The van der Waals surface area contributed by atoms with Crippen molar-refractivity contribution in [3.05, 3.63) is 0 Å². The van der Waals surface area contributed by atoms with Crippen LogP contribution < -0.4 is 0 Å². The van der Waals surface area contributed by atoms with E-state index in [4.69, 9.17) is 0 Å². The first-order valence-corrected chi connectivity index (χ1v) is 8.12. The molecule has 1 heterocycles. The minimum atomic E-state index is 0. The van der Waals surface area contributed by atoms with Crippen molar-refractivity contribution in [2.75, 3.05) is 13.1 Å². The molecule has 1 rings (SSSR count). The SMILES string of the molecule is CCCCCCCCCCCCN1CCCC1=O.[Na]. The topological polar surface area (TPSA) is 20.3 Å². The third kappa shape index (κ3) is 9.92. The van der Waals surface area contributed by atoms with Crippen molar-refractivity contribution in [1.29, 1.82) is 0 Å². The average Bonchev–Trinajstić information content (AvgIpc) is 2.77. The second-order valence-corrected chi connectivity index (χ2v) is 5.67. The van der Waals surface area contributed by atoms with E-state index >= 15 is 0 Å². The number of unbranched alkanes of at least 4 members (excludes halogenated alkanes) is 9. The zero-order chi connectivity index (χ0) is 13.1. The molecule has 1 aliphatic rings. The van der Waals surface area contributed by atoms with Crippen LogP contribution in [0.15, 0.2) is 0 Å². The number of nitrogens with zero attached hydrogens (tertiary/aromatic N) is 1. The number of hydrogen-bond acceptors (Lipinski definition) is 1. The van der Waals surface area contributed by atoms with Gasteiger partial charge in [0.2, 0.25) is 5.91 Å². The molecule has 0 saturated carbocycles. The van der Waals surface area contributed by atoms with Gasteiger partial charge in [0.05, 0.1) is 0 Å². The van der Waals surface area contributed by atoms with Gasteiger partial charge in [0.15, 0.2) is 0 Å². The summed E-state index contributed by atoms with van der Waals surface area (Å²) in [5, 5.41) is 0. The van der Waals surface area contributed by atoms with Gasteiger partial charge in [-0.2, -0.15) is 0 Å². The van der Waals surface area contributed by atoms with Gasteiger partial charge < -0.3 is 4.90 Å². The molecule has 107 valence electrons. The van der Waals surface area contributed by atoms with Crippen molar-refractivity contribution < 1.29 is 4.79 Å². The second-order valence-electron chi connectivity index (χ2n) is 5.67. The van der Waals surface area contributed by atoms with E-state index in [9.17, 15) is 4.79 Å². The Balaban J connectivity index is 0.00000324. The Morgan fingerprint density at radius 2 is 1.42 bits per heavy atom. The van der Waals surface area contributed by atoms with Crippen molar-refractivity contribution in [2.45, 2.75) is 84.0 Å². The Morgan fingerprint density at radius 1 is 0.895 bits per heavy atom. The Labute approximate surface area is 142 Å². The minimum absolute atomic E-state index is 0. The molecule has 0 atom stereocenters. The first kappa shape index (κ1) is 19.5. The number of amides is 1. The third-order valence-corrected chi connectivity index (χ3v) is 3.95. The molecule has 0 unspecified atom stereocenters. The van der Waals surface area contributed by atoms with Gasteiger partial charge >= 0.3 is 0 Å². The van der Waals surface area contributed by atoms with Gasteiger partial charge in [0.1, 0.15) is 0 Å². The number of likely N-dealkylation sites (tertiary alicyclic amines) is 1. The molecular formula is C16H31NNaO. The van der Waals surface area contributed by atoms with Crippen molar-refractivity contribution >= 4 is 35.5 Å². The normalized spacial score (nSPS) is 14.8. The van der Waals surface area contributed by atoms with E-state index in [0.717, 1.165) is 25.9 Å². The van der Waals surface area contributed by atoms with Crippen LogP contribution in [0.2, 0.25) is 0 Å². The zero-order valence-corrected chi connectivity index (χ0v) is 15.3. The minimum Gasteiger partial charge on any atom is -0.343 e. The molecule has 0 bridgehead atoms. The first-order valence-electron chi connectivity index (χ1n) is 8.12. The molecule has 3 heteroatoms. The molecular weight excluding hydrogens is 245 g/mol. The number of hydrogen-bond donors (Lipinski definition) is 0. The van der Waals surface area contributed by atoms with Crippen molar-refractivity contribution in [3.8, 4) is 0 Å². The van der Waals surface area contributed by atoms with Crippen LogP contribution in [0, 0.1) is 0 Å². The van der Waals surface area contributed by atoms with Crippen LogP contribution in [0.4, 0.5) is 0 Å². The van der Waals surface area contributed by atoms with Gasteiger partial charge in [0, 0.05) is 49.1 Å². The fraction of sp³-hybridized carbons (Fsp3) is 0.938. The van der Waals surface area contributed by atoms with E-state index < -0.39 is 0 Å². The summed E-state index contributed by atoms with van der Waals surface area (Å²) < 4.78 is 0. The third-order valence-electron chi connectivity index (χ3n) is 3.95. The largest absolute Gasteiger partial charge is 0.343 e. The predicted molar refractivity (Wildman–Crippen MR) is 83.4 cm³/mol. The molecule has 1 aliphatic heterocycles. The van der Waals surface area contributed by atoms with Crippen molar-refractivity contribution in [2.24, 2.45) is 0 Å². The van der Waals surface area contributed by atoms with E-state index in [0.29, 0.717) is 5.91 Å². The van der Waals surface area contributed by atoms with E-state index in [2.05, 4.69) is 6.92 Å². The molecule has 2 nitrogen and oxygen atoms in total. The maximum absolute atomic E-state index is 11.4. The maximum atomic E-state index is 11.4. The molecule has 0 aromatic carbocycles. The van der Waals surface area contributed by atoms with Crippen molar-refractivity contribution in [1.82, 2.24) is 4.90 Å². The summed E-state index contributed by atoms with van der Waals surface area (Å²) in [5.74, 6) is 0.380. The van der Waals surface area contributed by atoms with E-state index in [1.165, 1.54) is 64.2 Å². The van der Waals surface area contributed by atoms with Crippen LogP contribution >= 0.6 is 0 Å². The molecule has 0 aliphatic carbocycles. The number of carbonyl (C=O) groups is 1. The van der Waals surface area contributed by atoms with E-state index in [1.807, 2.05) is 4.90 Å². The van der Waals surface area contributed by atoms with E-state index in [1.54, 1.807) is 0 Å². The molecule has 19 heavy (non-hydrogen) atoms. The Hall–Kier alpha value is 0.470. The van der Waals surface area contributed by atoms with Crippen LogP contribution in [0.25, 0.3) is 0 Å². The standard InChI is InChI=1S/C16H31NO.Na/c1-2-3-4-5-6-7-8-9-10-11-14-17-15-12-13-16(17)18;/h2-15H2,1H3;. The van der Waals surface area contributed by atoms with Gasteiger partial charge in [-0.3, -0.25) is 4.79 Å². The zero-order valence-electron chi connectivity index (χ0n) is 13.3. The summed E-state index contributed by atoms with van der Waals surface area (Å²) in [4.78, 5) is 13.4. The number of carbonyl (C=O) groups excluding carboxylic acids is 1. The summed E-state index contributed by atoms with van der Waals surface area (Å²) in [6, 6.07) is 0. The Kier molecular flexibility index (Phi) is 13.8. The van der Waals surface area contributed by atoms with Gasteiger partial charge in [0.25, 0.3) is 0 Å². The van der Waals surface area contributed by atoms with Gasteiger partial charge in [-0.25, -0.2) is 0 Å². The monoisotopic (exact) mass is 276 g/mol. The molecule has 0 aromatic heterocycles. The number of rotatable bonds is 11. The van der Waals surface area contributed by atoms with Gasteiger partial charge in [-0.05, 0) is 12.8 Å². The van der Waals surface area contributed by atoms with E-state index in [-0.39, 0.29) is 29.6 Å². The van der Waals surface area contributed by atoms with Gasteiger partial charge in [-0.15, -0.1) is 0 Å². The maximum Gasteiger partial charge on any atom is 0.222 e. The fourth-order valence-corrected chi connectivity index (χ4v) is 2.73. The second kappa shape index (κ2) is 13.5. The molecule has 0 N–H and O–H groups in total. The smallest absolute Gasteiger partial charge is 0.222 e. The quantitative estimate of drug-likeness (QED) is 0.410. The summed E-state index contributed by atoms with van der Waals surface area (Å²) in [6.45, 7) is 4.29. The predicted octanol–water partition coefficient (Wildman–Crippen LogP) is 4.15. The van der Waals surface area contributed by atoms with Gasteiger partial charge in [-0.1, -0.05) is 64.7 Å². The van der Waals surface area contributed by atoms with Crippen LogP contribution in [0.1, 0.15) is 84.0 Å². The first-order chi connectivity index (χ1) is 8.84. The molecule has 0 aromatic rings. The summed E-state index contributed by atoms with van der Waals surface area (Å²) in [5.41, 5.74) is 0. The van der Waals surface area contributed by atoms with Crippen LogP contribution in [-0.4, -0.2) is 53.5 Å². The molecule has 1 fully saturated rings. The summed E-state index contributed by atoms with van der Waals surface area (Å²) in [6.07, 6.45) is 15.6.